The minimum Gasteiger partial charge on any atom is -0.372 e. The summed E-state index contributed by atoms with van der Waals surface area (Å²) in [6, 6.07) is 14.9. The van der Waals surface area contributed by atoms with Gasteiger partial charge in [-0.1, -0.05) is 24.3 Å². The lowest BCUT2D eigenvalue weighted by Crippen LogP contribution is -2.27. The van der Waals surface area contributed by atoms with E-state index in [1.807, 2.05) is 0 Å². The molecular formula is C18H23FN2. The SMILES string of the molecule is CCN(CCC(N)c1ccc(F)cc1)c1cccc(C)c1. The van der Waals surface area contributed by atoms with E-state index in [1.165, 1.54) is 23.4 Å². The van der Waals surface area contributed by atoms with Gasteiger partial charge >= 0.3 is 0 Å². The molecule has 0 amide bonds. The first kappa shape index (κ1) is 15.5. The maximum atomic E-state index is 12.9. The number of aryl methyl sites for hydroxylation is 1. The average molecular weight is 286 g/mol. The van der Waals surface area contributed by atoms with E-state index in [4.69, 9.17) is 5.73 Å². The first-order chi connectivity index (χ1) is 10.1. The molecule has 0 radical (unpaired) electrons. The smallest absolute Gasteiger partial charge is 0.123 e. The summed E-state index contributed by atoms with van der Waals surface area (Å²) in [5, 5.41) is 0. The van der Waals surface area contributed by atoms with Crippen LogP contribution in [0.5, 0.6) is 0 Å². The summed E-state index contributed by atoms with van der Waals surface area (Å²) in [6.45, 7) is 6.07. The Morgan fingerprint density at radius 1 is 1.14 bits per heavy atom. The van der Waals surface area contributed by atoms with Gasteiger partial charge in [0, 0.05) is 24.8 Å². The zero-order chi connectivity index (χ0) is 15.2. The quantitative estimate of drug-likeness (QED) is 0.868. The third-order valence-corrected chi connectivity index (χ3v) is 3.76. The maximum Gasteiger partial charge on any atom is 0.123 e. The Balaban J connectivity index is 1.98. The van der Waals surface area contributed by atoms with E-state index in [1.54, 1.807) is 12.1 Å². The van der Waals surface area contributed by atoms with Gasteiger partial charge in [0.15, 0.2) is 0 Å². The fourth-order valence-corrected chi connectivity index (χ4v) is 2.47. The Bertz CT molecular complexity index is 566. The molecule has 0 bridgehead atoms. The number of nitrogens with two attached hydrogens (primary N) is 1. The molecule has 3 heteroatoms. The molecule has 2 aromatic carbocycles. The van der Waals surface area contributed by atoms with Gasteiger partial charge in [0.2, 0.25) is 0 Å². The minimum atomic E-state index is -0.221. The van der Waals surface area contributed by atoms with Crippen LogP contribution >= 0.6 is 0 Å². The Hall–Kier alpha value is -1.87. The first-order valence-corrected chi connectivity index (χ1v) is 7.43. The molecule has 21 heavy (non-hydrogen) atoms. The van der Waals surface area contributed by atoms with Gasteiger partial charge in [-0.05, 0) is 55.7 Å². The molecule has 2 aromatic rings. The van der Waals surface area contributed by atoms with Gasteiger partial charge in [-0.25, -0.2) is 4.39 Å². The number of anilines is 1. The van der Waals surface area contributed by atoms with Crippen LogP contribution < -0.4 is 10.6 Å². The molecule has 0 saturated carbocycles. The van der Waals surface area contributed by atoms with E-state index in [0.29, 0.717) is 0 Å². The zero-order valence-electron chi connectivity index (χ0n) is 12.7. The molecule has 0 heterocycles. The van der Waals surface area contributed by atoms with Gasteiger partial charge < -0.3 is 10.6 Å². The van der Waals surface area contributed by atoms with E-state index in [2.05, 4.69) is 43.0 Å². The highest BCUT2D eigenvalue weighted by Crippen LogP contribution is 2.19. The van der Waals surface area contributed by atoms with Crippen molar-refractivity contribution in [2.75, 3.05) is 18.0 Å². The normalized spacial score (nSPS) is 12.2. The minimum absolute atomic E-state index is 0.0653. The van der Waals surface area contributed by atoms with Crippen LogP contribution in [0.1, 0.15) is 30.5 Å². The van der Waals surface area contributed by atoms with Gasteiger partial charge in [0.25, 0.3) is 0 Å². The van der Waals surface area contributed by atoms with Crippen molar-refractivity contribution in [3.63, 3.8) is 0 Å². The van der Waals surface area contributed by atoms with Gasteiger partial charge in [-0.3, -0.25) is 0 Å². The van der Waals surface area contributed by atoms with Crippen molar-refractivity contribution in [1.29, 1.82) is 0 Å². The van der Waals surface area contributed by atoms with Crippen LogP contribution in [0.3, 0.4) is 0 Å². The number of benzene rings is 2. The van der Waals surface area contributed by atoms with Crippen LogP contribution in [0, 0.1) is 12.7 Å². The van der Waals surface area contributed by atoms with Crippen molar-refractivity contribution in [3.8, 4) is 0 Å². The van der Waals surface area contributed by atoms with Gasteiger partial charge in [-0.15, -0.1) is 0 Å². The van der Waals surface area contributed by atoms with Crippen LogP contribution in [0.25, 0.3) is 0 Å². The highest BCUT2D eigenvalue weighted by molar-refractivity contribution is 5.48. The molecule has 0 fully saturated rings. The van der Waals surface area contributed by atoms with Crippen LogP contribution in [-0.2, 0) is 0 Å². The topological polar surface area (TPSA) is 29.3 Å². The average Bonchev–Trinajstić information content (AvgIpc) is 2.48. The predicted molar refractivity (Wildman–Crippen MR) is 87.0 cm³/mol. The lowest BCUT2D eigenvalue weighted by molar-refractivity contribution is 0.614. The van der Waals surface area contributed by atoms with Crippen LogP contribution in [0.15, 0.2) is 48.5 Å². The van der Waals surface area contributed by atoms with Crippen molar-refractivity contribution in [2.24, 2.45) is 5.73 Å². The predicted octanol–water partition coefficient (Wildman–Crippen LogP) is 4.05. The molecule has 2 N–H and O–H groups in total. The van der Waals surface area contributed by atoms with Crippen molar-refractivity contribution in [3.05, 3.63) is 65.5 Å². The summed E-state index contributed by atoms with van der Waals surface area (Å²) < 4.78 is 12.9. The molecule has 0 aliphatic heterocycles. The van der Waals surface area contributed by atoms with Gasteiger partial charge in [0.05, 0.1) is 0 Å². The van der Waals surface area contributed by atoms with Crippen LogP contribution in [-0.4, -0.2) is 13.1 Å². The highest BCUT2D eigenvalue weighted by atomic mass is 19.1. The number of rotatable bonds is 6. The van der Waals surface area contributed by atoms with E-state index in [9.17, 15) is 4.39 Å². The summed E-state index contributed by atoms with van der Waals surface area (Å²) in [5.41, 5.74) is 9.67. The Morgan fingerprint density at radius 2 is 1.86 bits per heavy atom. The summed E-state index contributed by atoms with van der Waals surface area (Å²) in [4.78, 5) is 2.32. The molecule has 0 saturated heterocycles. The second-order valence-electron chi connectivity index (χ2n) is 5.37. The third kappa shape index (κ3) is 4.30. The van der Waals surface area contributed by atoms with E-state index < -0.39 is 0 Å². The molecule has 0 aromatic heterocycles. The molecule has 2 nitrogen and oxygen atoms in total. The summed E-state index contributed by atoms with van der Waals surface area (Å²) in [6.07, 6.45) is 0.841. The second kappa shape index (κ2) is 7.23. The fourth-order valence-electron chi connectivity index (χ4n) is 2.47. The van der Waals surface area contributed by atoms with Crippen molar-refractivity contribution >= 4 is 5.69 Å². The fraction of sp³-hybridized carbons (Fsp3) is 0.333. The Kier molecular flexibility index (Phi) is 5.34. The second-order valence-corrected chi connectivity index (χ2v) is 5.37. The first-order valence-electron chi connectivity index (χ1n) is 7.43. The van der Waals surface area contributed by atoms with Gasteiger partial charge in [0.1, 0.15) is 5.82 Å². The largest absolute Gasteiger partial charge is 0.372 e. The van der Waals surface area contributed by atoms with Crippen molar-refractivity contribution < 1.29 is 4.39 Å². The molecule has 2 rings (SSSR count). The summed E-state index contributed by atoms with van der Waals surface area (Å²) in [5.74, 6) is -0.221. The summed E-state index contributed by atoms with van der Waals surface area (Å²) >= 11 is 0. The molecule has 0 aliphatic rings. The summed E-state index contributed by atoms with van der Waals surface area (Å²) in [7, 11) is 0. The third-order valence-electron chi connectivity index (χ3n) is 3.76. The van der Waals surface area contributed by atoms with E-state index >= 15 is 0 Å². The van der Waals surface area contributed by atoms with E-state index in [-0.39, 0.29) is 11.9 Å². The molecule has 1 atom stereocenters. The number of nitrogens with zero attached hydrogens (tertiary/aromatic N) is 1. The van der Waals surface area contributed by atoms with Crippen molar-refractivity contribution in [2.45, 2.75) is 26.3 Å². The molecule has 0 aliphatic carbocycles. The van der Waals surface area contributed by atoms with Crippen LogP contribution in [0.4, 0.5) is 10.1 Å². The molecule has 0 spiro atoms. The Labute approximate surface area is 126 Å². The standard InChI is InChI=1S/C18H23FN2/c1-3-21(17-6-4-5-14(2)13-17)12-11-18(20)15-7-9-16(19)10-8-15/h4-10,13,18H,3,11-12,20H2,1-2H3. The lowest BCUT2D eigenvalue weighted by atomic mass is 10.0. The zero-order valence-corrected chi connectivity index (χ0v) is 12.7. The number of hydrogen-bond acceptors (Lipinski definition) is 2. The Morgan fingerprint density at radius 3 is 2.48 bits per heavy atom. The van der Waals surface area contributed by atoms with E-state index in [0.717, 1.165) is 25.1 Å². The maximum absolute atomic E-state index is 12.9. The lowest BCUT2D eigenvalue weighted by Gasteiger charge is -2.25. The number of hydrogen-bond donors (Lipinski definition) is 1. The molecular weight excluding hydrogens is 263 g/mol. The highest BCUT2D eigenvalue weighted by Gasteiger charge is 2.10. The molecule has 1 unspecified atom stereocenters. The van der Waals surface area contributed by atoms with Gasteiger partial charge in [-0.2, -0.15) is 0 Å². The monoisotopic (exact) mass is 286 g/mol. The number of halogens is 1. The molecule has 112 valence electrons. The van der Waals surface area contributed by atoms with Crippen LogP contribution in [0.2, 0.25) is 0 Å². The van der Waals surface area contributed by atoms with Crippen molar-refractivity contribution in [1.82, 2.24) is 0 Å².